The van der Waals surface area contributed by atoms with E-state index in [2.05, 4.69) is 30.5 Å². The van der Waals surface area contributed by atoms with Gasteiger partial charge in [-0.25, -0.2) is 4.57 Å². The zero-order valence-corrected chi connectivity index (χ0v) is 11.3. The van der Waals surface area contributed by atoms with Crippen LogP contribution in [0.2, 0.25) is 5.02 Å². The standard InChI is InChI=1S/C8H6BrClNO5P/c9-4-1-2-5-7(8(4)10)6(3-11-5)15-16-17(12,13)14/h1-3,11H,(H2,12,13,14). The highest BCUT2D eigenvalue weighted by Crippen LogP contribution is 2.41. The summed E-state index contributed by atoms with van der Waals surface area (Å²) in [6.45, 7) is 0. The smallest absolute Gasteiger partial charge is 0.358 e. The van der Waals surface area contributed by atoms with Gasteiger partial charge in [0, 0.05) is 10.7 Å². The molecule has 17 heavy (non-hydrogen) atoms. The second-order valence-electron chi connectivity index (χ2n) is 3.09. The molecule has 9 heteroatoms. The highest BCUT2D eigenvalue weighted by atomic mass is 79.9. The number of hydrogen-bond donors (Lipinski definition) is 3. The van der Waals surface area contributed by atoms with E-state index in [1.54, 1.807) is 12.1 Å². The van der Waals surface area contributed by atoms with Crippen LogP contribution < -0.4 is 4.89 Å². The molecule has 0 unspecified atom stereocenters. The Morgan fingerprint density at radius 2 is 2.12 bits per heavy atom. The Labute approximate surface area is 109 Å². The van der Waals surface area contributed by atoms with Crippen molar-refractivity contribution < 1.29 is 23.9 Å². The average molecular weight is 342 g/mol. The van der Waals surface area contributed by atoms with Crippen molar-refractivity contribution in [1.82, 2.24) is 4.98 Å². The summed E-state index contributed by atoms with van der Waals surface area (Å²) in [4.78, 5) is 24.4. The van der Waals surface area contributed by atoms with Crippen molar-refractivity contribution in [3.8, 4) is 5.75 Å². The minimum atomic E-state index is -4.70. The van der Waals surface area contributed by atoms with Gasteiger partial charge >= 0.3 is 7.82 Å². The molecule has 3 N–H and O–H groups in total. The van der Waals surface area contributed by atoms with Crippen molar-refractivity contribution in [2.75, 3.05) is 0 Å². The van der Waals surface area contributed by atoms with E-state index in [9.17, 15) is 4.57 Å². The Hall–Kier alpha value is -0.560. The van der Waals surface area contributed by atoms with Gasteiger partial charge in [-0.15, -0.1) is 0 Å². The molecule has 1 heterocycles. The molecule has 0 aliphatic heterocycles. The summed E-state index contributed by atoms with van der Waals surface area (Å²) in [6, 6.07) is 3.46. The van der Waals surface area contributed by atoms with E-state index in [-0.39, 0.29) is 5.75 Å². The minimum Gasteiger partial charge on any atom is -0.358 e. The number of benzene rings is 1. The van der Waals surface area contributed by atoms with Crippen LogP contribution in [-0.4, -0.2) is 14.8 Å². The molecular weight excluding hydrogens is 336 g/mol. The first-order valence-corrected chi connectivity index (χ1v) is 6.95. The van der Waals surface area contributed by atoms with Crippen molar-refractivity contribution in [2.24, 2.45) is 0 Å². The van der Waals surface area contributed by atoms with Gasteiger partial charge in [-0.2, -0.15) is 0 Å². The number of aromatic nitrogens is 1. The SMILES string of the molecule is O=P(O)(O)OOc1c[nH]c2ccc(Br)c(Cl)c12. The first kappa shape index (κ1) is 12.9. The molecule has 2 rings (SSSR count). The van der Waals surface area contributed by atoms with E-state index in [0.29, 0.717) is 20.4 Å². The highest BCUT2D eigenvalue weighted by molar-refractivity contribution is 9.10. The fourth-order valence-corrected chi connectivity index (χ4v) is 2.05. The van der Waals surface area contributed by atoms with Gasteiger partial charge in [0.05, 0.1) is 15.9 Å². The lowest BCUT2D eigenvalue weighted by Gasteiger charge is -2.05. The quantitative estimate of drug-likeness (QED) is 0.453. The van der Waals surface area contributed by atoms with Crippen LogP contribution in [0.25, 0.3) is 10.9 Å². The lowest BCUT2D eigenvalue weighted by Crippen LogP contribution is -1.93. The molecule has 0 spiro atoms. The molecule has 1 aromatic heterocycles. The second kappa shape index (κ2) is 4.61. The normalized spacial score (nSPS) is 12.0. The van der Waals surface area contributed by atoms with Crippen molar-refractivity contribution in [1.29, 1.82) is 0 Å². The second-order valence-corrected chi connectivity index (χ2v) is 5.45. The number of hydrogen-bond acceptors (Lipinski definition) is 3. The van der Waals surface area contributed by atoms with Gasteiger partial charge in [-0.05, 0) is 28.1 Å². The molecule has 0 saturated heterocycles. The predicted octanol–water partition coefficient (Wildman–Crippen LogP) is 2.99. The van der Waals surface area contributed by atoms with Crippen molar-refractivity contribution >= 4 is 46.3 Å². The van der Waals surface area contributed by atoms with Gasteiger partial charge in [0.1, 0.15) is 0 Å². The van der Waals surface area contributed by atoms with E-state index in [0.717, 1.165) is 0 Å². The first-order chi connectivity index (χ1) is 7.88. The van der Waals surface area contributed by atoms with Crippen molar-refractivity contribution in [2.45, 2.75) is 0 Å². The molecule has 0 amide bonds. The molecule has 2 aromatic rings. The molecule has 1 aromatic carbocycles. The number of nitrogens with one attached hydrogen (secondary N) is 1. The molecule has 92 valence electrons. The minimum absolute atomic E-state index is 0.0922. The Balaban J connectivity index is 2.42. The molecule has 0 saturated carbocycles. The summed E-state index contributed by atoms with van der Waals surface area (Å²) in [5.41, 5.74) is 0.655. The fourth-order valence-electron chi connectivity index (χ4n) is 1.28. The number of H-pyrrole nitrogens is 1. The maximum absolute atomic E-state index is 10.5. The largest absolute Gasteiger partial charge is 0.505 e. The summed E-state index contributed by atoms with van der Waals surface area (Å²) < 4.78 is 15.1. The predicted molar refractivity (Wildman–Crippen MR) is 64.8 cm³/mol. The lowest BCUT2D eigenvalue weighted by molar-refractivity contribution is -0.121. The van der Waals surface area contributed by atoms with E-state index in [4.69, 9.17) is 21.4 Å². The maximum Gasteiger partial charge on any atom is 0.505 e. The van der Waals surface area contributed by atoms with E-state index in [1.807, 2.05) is 0 Å². The van der Waals surface area contributed by atoms with Crippen LogP contribution in [0.4, 0.5) is 0 Å². The van der Waals surface area contributed by atoms with Crippen LogP contribution in [-0.2, 0) is 9.24 Å². The van der Waals surface area contributed by atoms with Gasteiger partial charge in [0.25, 0.3) is 0 Å². The third kappa shape index (κ3) is 2.82. The Kier molecular flexibility index (Phi) is 3.49. The molecule has 0 fully saturated rings. The molecule has 0 bridgehead atoms. The molecule has 0 aliphatic carbocycles. The molecule has 0 radical (unpaired) electrons. The summed E-state index contributed by atoms with van der Waals surface area (Å²) in [5, 5.41) is 0.822. The summed E-state index contributed by atoms with van der Waals surface area (Å²) in [5.74, 6) is 0.0922. The first-order valence-electron chi connectivity index (χ1n) is 4.25. The zero-order chi connectivity index (χ0) is 12.6. The zero-order valence-electron chi connectivity index (χ0n) is 8.05. The number of phosphoric acid groups is 1. The van der Waals surface area contributed by atoms with E-state index >= 15 is 0 Å². The summed E-state index contributed by atoms with van der Waals surface area (Å²) >= 11 is 9.26. The van der Waals surface area contributed by atoms with Gasteiger partial charge in [-0.3, -0.25) is 0 Å². The molecule has 6 nitrogen and oxygen atoms in total. The average Bonchev–Trinajstić information content (AvgIpc) is 2.63. The number of rotatable bonds is 3. The van der Waals surface area contributed by atoms with Crippen LogP contribution in [0, 0.1) is 0 Å². The van der Waals surface area contributed by atoms with Crippen LogP contribution in [0.15, 0.2) is 22.8 Å². The van der Waals surface area contributed by atoms with Crippen LogP contribution in [0.3, 0.4) is 0 Å². The Morgan fingerprint density at radius 1 is 1.41 bits per heavy atom. The van der Waals surface area contributed by atoms with Gasteiger partial charge < -0.3 is 19.7 Å². The third-order valence-electron chi connectivity index (χ3n) is 1.92. The fraction of sp³-hybridized carbons (Fsp3) is 0. The number of halogens is 2. The van der Waals surface area contributed by atoms with Gasteiger partial charge in [0.2, 0.25) is 0 Å². The van der Waals surface area contributed by atoms with Crippen molar-refractivity contribution in [3.63, 3.8) is 0 Å². The molecule has 0 atom stereocenters. The van der Waals surface area contributed by atoms with E-state index in [1.165, 1.54) is 6.20 Å². The van der Waals surface area contributed by atoms with E-state index < -0.39 is 7.82 Å². The Bertz CT molecular complexity index is 609. The van der Waals surface area contributed by atoms with Crippen LogP contribution in [0.1, 0.15) is 0 Å². The highest BCUT2D eigenvalue weighted by Gasteiger charge is 2.19. The Morgan fingerprint density at radius 3 is 2.76 bits per heavy atom. The van der Waals surface area contributed by atoms with Crippen molar-refractivity contribution in [3.05, 3.63) is 27.8 Å². The maximum atomic E-state index is 10.5. The van der Waals surface area contributed by atoms with Gasteiger partial charge in [0.15, 0.2) is 5.75 Å². The number of aromatic amines is 1. The summed E-state index contributed by atoms with van der Waals surface area (Å²) in [6.07, 6.45) is 1.39. The molecule has 0 aliphatic rings. The van der Waals surface area contributed by atoms with Crippen LogP contribution >= 0.6 is 35.4 Å². The van der Waals surface area contributed by atoms with Gasteiger partial charge in [-0.1, -0.05) is 16.3 Å². The third-order valence-corrected chi connectivity index (χ3v) is 3.47. The van der Waals surface area contributed by atoms with Crippen LogP contribution in [0.5, 0.6) is 5.75 Å². The molecular formula is C8H6BrClNO5P. The summed E-state index contributed by atoms with van der Waals surface area (Å²) in [7, 11) is -4.70. The topological polar surface area (TPSA) is 91.8 Å². The monoisotopic (exact) mass is 341 g/mol. The lowest BCUT2D eigenvalue weighted by atomic mass is 10.2. The number of fused-ring (bicyclic) bond motifs is 1.